The molecule has 0 aliphatic carbocycles. The van der Waals surface area contributed by atoms with Crippen LogP contribution >= 0.6 is 17.0 Å². The van der Waals surface area contributed by atoms with Gasteiger partial charge in [-0.25, -0.2) is 4.99 Å². The van der Waals surface area contributed by atoms with Gasteiger partial charge in [0.2, 0.25) is 0 Å². The predicted molar refractivity (Wildman–Crippen MR) is 98.4 cm³/mol. The third-order valence-corrected chi connectivity index (χ3v) is 4.09. The topological polar surface area (TPSA) is 36.7 Å². The van der Waals surface area contributed by atoms with E-state index in [-0.39, 0.29) is 23.0 Å². The molecule has 5 nitrogen and oxygen atoms in total. The Balaban J connectivity index is 0.00000176. The summed E-state index contributed by atoms with van der Waals surface area (Å²) in [6.07, 6.45) is 1.83. The van der Waals surface area contributed by atoms with E-state index in [1.165, 1.54) is 11.3 Å². The standard InChI is InChI=1S/C16H21N5.BrH/c1-11-15(12-8-6-7-9-14(12)20(11)4)18-13-10-17-21(5)16(13)19(2)3;/h6-11H,1-5H3;1H/b18-15+;. The van der Waals surface area contributed by atoms with Crippen molar-refractivity contribution in [3.05, 3.63) is 36.0 Å². The lowest BCUT2D eigenvalue weighted by Crippen LogP contribution is -2.28. The van der Waals surface area contributed by atoms with Crippen molar-refractivity contribution in [1.29, 1.82) is 0 Å². The molecule has 0 bridgehead atoms. The van der Waals surface area contributed by atoms with Crippen LogP contribution in [0, 0.1) is 0 Å². The van der Waals surface area contributed by atoms with Crippen molar-refractivity contribution in [2.75, 3.05) is 30.9 Å². The average Bonchev–Trinajstić information content (AvgIpc) is 2.94. The maximum Gasteiger partial charge on any atom is 0.152 e. The van der Waals surface area contributed by atoms with Crippen molar-refractivity contribution >= 4 is 39.9 Å². The van der Waals surface area contributed by atoms with Gasteiger partial charge in [0.1, 0.15) is 5.69 Å². The van der Waals surface area contributed by atoms with Crippen LogP contribution in [0.1, 0.15) is 12.5 Å². The lowest BCUT2D eigenvalue weighted by molar-refractivity contribution is 0.754. The second-order valence-corrected chi connectivity index (χ2v) is 5.67. The molecule has 0 saturated carbocycles. The number of rotatable bonds is 2. The lowest BCUT2D eigenvalue weighted by atomic mass is 10.1. The number of hydrogen-bond donors (Lipinski definition) is 0. The Labute approximate surface area is 142 Å². The number of halogens is 1. The van der Waals surface area contributed by atoms with Gasteiger partial charge >= 0.3 is 0 Å². The number of aliphatic imine (C=N–C) groups is 1. The van der Waals surface area contributed by atoms with Crippen molar-refractivity contribution in [1.82, 2.24) is 9.78 Å². The third-order valence-electron chi connectivity index (χ3n) is 4.09. The van der Waals surface area contributed by atoms with Gasteiger partial charge in [-0.3, -0.25) is 4.68 Å². The average molecular weight is 364 g/mol. The first-order chi connectivity index (χ1) is 10.0. The Bertz CT molecular complexity index is 704. The number of para-hydroxylation sites is 1. The molecule has 0 fully saturated rings. The molecular formula is C16H22BrN5. The summed E-state index contributed by atoms with van der Waals surface area (Å²) in [6, 6.07) is 8.68. The van der Waals surface area contributed by atoms with Gasteiger partial charge in [0, 0.05) is 39.4 Å². The van der Waals surface area contributed by atoms with E-state index in [0.29, 0.717) is 0 Å². The summed E-state index contributed by atoms with van der Waals surface area (Å²) in [6.45, 7) is 2.19. The summed E-state index contributed by atoms with van der Waals surface area (Å²) in [5.41, 5.74) is 4.46. The Morgan fingerprint density at radius 1 is 1.18 bits per heavy atom. The molecule has 0 amide bonds. The molecule has 3 rings (SSSR count). The summed E-state index contributed by atoms with van der Waals surface area (Å²) in [5, 5.41) is 4.33. The largest absolute Gasteiger partial charge is 0.366 e. The highest BCUT2D eigenvalue weighted by Crippen LogP contribution is 2.34. The molecule has 1 aromatic heterocycles. The van der Waals surface area contributed by atoms with E-state index in [1.807, 2.05) is 36.9 Å². The molecule has 0 N–H and O–H groups in total. The van der Waals surface area contributed by atoms with Crippen LogP contribution in [0.3, 0.4) is 0 Å². The molecule has 1 aliphatic heterocycles. The molecule has 2 heterocycles. The van der Waals surface area contributed by atoms with E-state index in [4.69, 9.17) is 4.99 Å². The van der Waals surface area contributed by atoms with Crippen molar-refractivity contribution in [3.8, 4) is 0 Å². The zero-order chi connectivity index (χ0) is 15.1. The molecule has 1 aromatic carbocycles. The highest BCUT2D eigenvalue weighted by Gasteiger charge is 2.29. The lowest BCUT2D eigenvalue weighted by Gasteiger charge is -2.18. The molecule has 1 unspecified atom stereocenters. The second-order valence-electron chi connectivity index (χ2n) is 5.67. The van der Waals surface area contributed by atoms with E-state index in [9.17, 15) is 0 Å². The van der Waals surface area contributed by atoms with Gasteiger partial charge in [-0.1, -0.05) is 18.2 Å². The van der Waals surface area contributed by atoms with Crippen molar-refractivity contribution in [2.24, 2.45) is 12.0 Å². The monoisotopic (exact) mass is 363 g/mol. The first-order valence-corrected chi connectivity index (χ1v) is 7.11. The third kappa shape index (κ3) is 2.52. The van der Waals surface area contributed by atoms with Crippen LogP contribution in [0.25, 0.3) is 0 Å². The molecule has 1 atom stereocenters. The Morgan fingerprint density at radius 2 is 1.86 bits per heavy atom. The molecule has 0 radical (unpaired) electrons. The fraction of sp³-hybridized carbons (Fsp3) is 0.375. The Kier molecular flexibility index (Phi) is 4.60. The minimum atomic E-state index is 0. The SMILES string of the molecule is Br.CC1/C(=N\c2cnn(C)c2N(C)C)c2ccccc2N1C. The van der Waals surface area contributed by atoms with Gasteiger partial charge in [0.15, 0.2) is 5.82 Å². The van der Waals surface area contributed by atoms with Gasteiger partial charge in [0.05, 0.1) is 18.0 Å². The van der Waals surface area contributed by atoms with Gasteiger partial charge in [-0.15, -0.1) is 17.0 Å². The summed E-state index contributed by atoms with van der Waals surface area (Å²) in [7, 11) is 8.08. The van der Waals surface area contributed by atoms with Gasteiger partial charge in [0.25, 0.3) is 0 Å². The van der Waals surface area contributed by atoms with E-state index < -0.39 is 0 Å². The summed E-state index contributed by atoms with van der Waals surface area (Å²) >= 11 is 0. The first kappa shape index (κ1) is 16.5. The van der Waals surface area contributed by atoms with Gasteiger partial charge in [-0.05, 0) is 13.0 Å². The number of likely N-dealkylation sites (N-methyl/N-ethyl adjacent to an activating group) is 1. The van der Waals surface area contributed by atoms with E-state index >= 15 is 0 Å². The zero-order valence-corrected chi connectivity index (χ0v) is 15.3. The highest BCUT2D eigenvalue weighted by molar-refractivity contribution is 8.93. The molecule has 0 spiro atoms. The number of fused-ring (bicyclic) bond motifs is 1. The van der Waals surface area contributed by atoms with Crippen LogP contribution < -0.4 is 9.80 Å². The van der Waals surface area contributed by atoms with Crippen LogP contribution in [0.5, 0.6) is 0 Å². The van der Waals surface area contributed by atoms with E-state index in [1.54, 1.807) is 0 Å². The minimum absolute atomic E-state index is 0. The number of nitrogens with zero attached hydrogens (tertiary/aromatic N) is 5. The first-order valence-electron chi connectivity index (χ1n) is 7.11. The fourth-order valence-corrected chi connectivity index (χ4v) is 2.92. The van der Waals surface area contributed by atoms with Crippen LogP contribution in [0.15, 0.2) is 35.5 Å². The Morgan fingerprint density at radius 3 is 2.55 bits per heavy atom. The zero-order valence-electron chi connectivity index (χ0n) is 13.6. The smallest absolute Gasteiger partial charge is 0.152 e. The second kappa shape index (κ2) is 6.12. The van der Waals surface area contributed by atoms with Crippen molar-refractivity contribution in [2.45, 2.75) is 13.0 Å². The highest BCUT2D eigenvalue weighted by atomic mass is 79.9. The van der Waals surface area contributed by atoms with Gasteiger partial charge < -0.3 is 9.80 Å². The molecule has 0 saturated heterocycles. The number of aromatic nitrogens is 2. The fourth-order valence-electron chi connectivity index (χ4n) is 2.92. The summed E-state index contributed by atoms with van der Waals surface area (Å²) in [5.74, 6) is 1.02. The van der Waals surface area contributed by atoms with Crippen LogP contribution in [-0.2, 0) is 7.05 Å². The molecular weight excluding hydrogens is 342 g/mol. The number of anilines is 2. The Hall–Kier alpha value is -1.82. The summed E-state index contributed by atoms with van der Waals surface area (Å²) in [4.78, 5) is 9.23. The van der Waals surface area contributed by atoms with Crippen molar-refractivity contribution in [3.63, 3.8) is 0 Å². The molecule has 1 aliphatic rings. The molecule has 118 valence electrons. The van der Waals surface area contributed by atoms with Gasteiger partial charge in [-0.2, -0.15) is 5.10 Å². The normalized spacial score (nSPS) is 18.3. The van der Waals surface area contributed by atoms with E-state index in [0.717, 1.165) is 17.2 Å². The molecule has 2 aromatic rings. The molecule has 22 heavy (non-hydrogen) atoms. The van der Waals surface area contributed by atoms with Crippen LogP contribution in [-0.4, -0.2) is 42.7 Å². The van der Waals surface area contributed by atoms with E-state index in [2.05, 4.69) is 48.2 Å². The number of hydrogen-bond acceptors (Lipinski definition) is 4. The quantitative estimate of drug-likeness (QED) is 0.822. The summed E-state index contributed by atoms with van der Waals surface area (Å²) < 4.78 is 1.86. The number of aryl methyl sites for hydroxylation is 1. The minimum Gasteiger partial charge on any atom is -0.366 e. The molecule has 6 heteroatoms. The van der Waals surface area contributed by atoms with Crippen molar-refractivity contribution < 1.29 is 0 Å². The van der Waals surface area contributed by atoms with Crippen LogP contribution in [0.2, 0.25) is 0 Å². The number of benzene rings is 1. The predicted octanol–water partition coefficient (Wildman–Crippen LogP) is 3.02. The van der Waals surface area contributed by atoms with Crippen LogP contribution in [0.4, 0.5) is 17.2 Å². The maximum absolute atomic E-state index is 4.92. The maximum atomic E-state index is 4.92.